The third-order valence-corrected chi connectivity index (χ3v) is 6.14. The maximum Gasteiger partial charge on any atom is 0.255 e. The van der Waals surface area contributed by atoms with Gasteiger partial charge in [0.25, 0.3) is 5.91 Å². The highest BCUT2D eigenvalue weighted by Crippen LogP contribution is 2.34. The third kappa shape index (κ3) is 3.04. The van der Waals surface area contributed by atoms with E-state index in [4.69, 9.17) is 0 Å². The predicted octanol–water partition coefficient (Wildman–Crippen LogP) is 2.44. The van der Waals surface area contributed by atoms with Gasteiger partial charge in [-0.1, -0.05) is 24.3 Å². The maximum absolute atomic E-state index is 13.0. The lowest BCUT2D eigenvalue weighted by molar-refractivity contribution is -0.146. The van der Waals surface area contributed by atoms with Crippen molar-refractivity contribution in [3.63, 3.8) is 0 Å². The Kier molecular flexibility index (Phi) is 4.54. The molecule has 3 aliphatic heterocycles. The van der Waals surface area contributed by atoms with Crippen LogP contribution in [0.1, 0.15) is 16.8 Å². The molecule has 136 valence electrons. The van der Waals surface area contributed by atoms with Crippen molar-refractivity contribution in [3.8, 4) is 0 Å². The monoisotopic (exact) mass is 369 g/mol. The minimum Gasteiger partial charge on any atom is -0.334 e. The molecule has 4 heterocycles. The van der Waals surface area contributed by atoms with Crippen molar-refractivity contribution in [2.75, 3.05) is 33.7 Å². The lowest BCUT2D eigenvalue weighted by Gasteiger charge is -2.56. The summed E-state index contributed by atoms with van der Waals surface area (Å²) >= 11 is 1.61. The van der Waals surface area contributed by atoms with E-state index in [1.54, 1.807) is 17.4 Å². The molecule has 3 saturated heterocycles. The van der Waals surface area contributed by atoms with E-state index in [-0.39, 0.29) is 23.9 Å². The largest absolute Gasteiger partial charge is 0.334 e. The molecular weight excluding hydrogens is 346 g/mol. The first-order valence-electron chi connectivity index (χ1n) is 8.93. The SMILES string of the molecule is CN(C)C/C=C/C(=O)N1C2CC1CN(C(=O)c1csc3ccccc13)C2. The number of piperidine rings is 1. The van der Waals surface area contributed by atoms with Gasteiger partial charge >= 0.3 is 0 Å². The van der Waals surface area contributed by atoms with Gasteiger partial charge in [-0.05, 0) is 26.6 Å². The number of piperazine rings is 1. The zero-order valence-corrected chi connectivity index (χ0v) is 15.9. The van der Waals surface area contributed by atoms with Gasteiger partial charge < -0.3 is 14.7 Å². The number of amides is 2. The molecule has 0 saturated carbocycles. The molecule has 2 bridgehead atoms. The van der Waals surface area contributed by atoms with E-state index >= 15 is 0 Å². The van der Waals surface area contributed by atoms with E-state index in [2.05, 4.69) is 0 Å². The Morgan fingerprint density at radius 3 is 2.69 bits per heavy atom. The number of hydrogen-bond acceptors (Lipinski definition) is 4. The summed E-state index contributed by atoms with van der Waals surface area (Å²) in [5.41, 5.74) is 0.788. The first-order valence-corrected chi connectivity index (χ1v) is 9.81. The highest BCUT2D eigenvalue weighted by atomic mass is 32.1. The van der Waals surface area contributed by atoms with E-state index in [1.807, 2.05) is 64.5 Å². The summed E-state index contributed by atoms with van der Waals surface area (Å²) in [6, 6.07) is 8.33. The molecule has 2 atom stereocenters. The second kappa shape index (κ2) is 6.85. The van der Waals surface area contributed by atoms with Gasteiger partial charge in [-0.3, -0.25) is 9.59 Å². The summed E-state index contributed by atoms with van der Waals surface area (Å²) in [5.74, 6) is 0.161. The molecular formula is C20H23N3O2S. The molecule has 2 amide bonds. The highest BCUT2D eigenvalue weighted by Gasteiger charge is 2.47. The van der Waals surface area contributed by atoms with E-state index in [1.165, 1.54) is 0 Å². The van der Waals surface area contributed by atoms with Crippen LogP contribution in [-0.2, 0) is 4.79 Å². The minimum atomic E-state index is 0.0705. The van der Waals surface area contributed by atoms with Crippen LogP contribution in [0.2, 0.25) is 0 Å². The average molecular weight is 369 g/mol. The van der Waals surface area contributed by atoms with Crippen molar-refractivity contribution in [1.82, 2.24) is 14.7 Å². The van der Waals surface area contributed by atoms with Crippen LogP contribution in [0.5, 0.6) is 0 Å². The Morgan fingerprint density at radius 1 is 1.23 bits per heavy atom. The van der Waals surface area contributed by atoms with Gasteiger partial charge in [0.05, 0.1) is 17.6 Å². The Labute approximate surface area is 157 Å². The van der Waals surface area contributed by atoms with Gasteiger partial charge in [0, 0.05) is 41.2 Å². The molecule has 2 aromatic rings. The smallest absolute Gasteiger partial charge is 0.255 e. The highest BCUT2D eigenvalue weighted by molar-refractivity contribution is 7.17. The Hall–Kier alpha value is -2.18. The van der Waals surface area contributed by atoms with Crippen LogP contribution >= 0.6 is 11.3 Å². The lowest BCUT2D eigenvalue weighted by Crippen LogP contribution is -2.70. The molecule has 26 heavy (non-hydrogen) atoms. The lowest BCUT2D eigenvalue weighted by atomic mass is 9.87. The summed E-state index contributed by atoms with van der Waals surface area (Å²) in [6.07, 6.45) is 4.57. The number of fused-ring (bicyclic) bond motifs is 3. The fraction of sp³-hybridized carbons (Fsp3) is 0.400. The molecule has 0 radical (unpaired) electrons. The molecule has 5 rings (SSSR count). The molecule has 0 aliphatic carbocycles. The van der Waals surface area contributed by atoms with Crippen molar-refractivity contribution in [3.05, 3.63) is 47.4 Å². The molecule has 2 unspecified atom stereocenters. The predicted molar refractivity (Wildman–Crippen MR) is 104 cm³/mol. The van der Waals surface area contributed by atoms with E-state index in [0.717, 1.165) is 28.6 Å². The molecule has 3 fully saturated rings. The minimum absolute atomic E-state index is 0.0705. The van der Waals surface area contributed by atoms with Crippen molar-refractivity contribution >= 4 is 33.2 Å². The van der Waals surface area contributed by atoms with Crippen molar-refractivity contribution in [2.24, 2.45) is 0 Å². The second-order valence-corrected chi connectivity index (χ2v) is 8.22. The zero-order valence-electron chi connectivity index (χ0n) is 15.1. The first-order chi connectivity index (χ1) is 12.5. The average Bonchev–Trinajstić information content (AvgIpc) is 3.04. The Balaban J connectivity index is 1.43. The third-order valence-electron chi connectivity index (χ3n) is 5.18. The molecule has 0 N–H and O–H groups in total. The molecule has 1 aromatic heterocycles. The maximum atomic E-state index is 13.0. The molecule has 0 spiro atoms. The number of rotatable bonds is 4. The number of likely N-dealkylation sites (N-methyl/N-ethyl adjacent to an activating group) is 1. The second-order valence-electron chi connectivity index (χ2n) is 7.31. The van der Waals surface area contributed by atoms with Crippen molar-refractivity contribution in [1.29, 1.82) is 0 Å². The van der Waals surface area contributed by atoms with Gasteiger partial charge in [0.2, 0.25) is 5.91 Å². The summed E-state index contributed by atoms with van der Waals surface area (Å²) in [5, 5.41) is 2.99. The van der Waals surface area contributed by atoms with Crippen molar-refractivity contribution < 1.29 is 9.59 Å². The summed E-state index contributed by atoms with van der Waals surface area (Å²) < 4.78 is 1.14. The number of carbonyl (C=O) groups excluding carboxylic acids is 2. The summed E-state index contributed by atoms with van der Waals surface area (Å²) in [6.45, 7) is 2.02. The van der Waals surface area contributed by atoms with Crippen LogP contribution < -0.4 is 0 Å². The van der Waals surface area contributed by atoms with Gasteiger partial charge in [0.1, 0.15) is 0 Å². The standard InChI is InChI=1S/C20H23N3O2S/c1-21(2)9-5-8-19(24)23-14-10-15(23)12-22(11-14)20(25)17-13-26-18-7-4-3-6-16(17)18/h3-8,13-15H,9-12H2,1-2H3/b8-5+. The van der Waals surface area contributed by atoms with E-state index in [0.29, 0.717) is 13.1 Å². The number of hydrogen-bond donors (Lipinski definition) is 0. The summed E-state index contributed by atoms with van der Waals surface area (Å²) in [4.78, 5) is 31.3. The molecule has 6 heteroatoms. The van der Waals surface area contributed by atoms with Crippen LogP contribution in [0.3, 0.4) is 0 Å². The van der Waals surface area contributed by atoms with Crippen LogP contribution in [-0.4, -0.2) is 72.3 Å². The number of nitrogens with zero attached hydrogens (tertiary/aromatic N) is 3. The van der Waals surface area contributed by atoms with Crippen LogP contribution in [0.25, 0.3) is 10.1 Å². The fourth-order valence-corrected chi connectivity index (χ4v) is 4.83. The number of carbonyl (C=O) groups is 2. The first kappa shape index (κ1) is 17.2. The number of benzene rings is 1. The Bertz CT molecular complexity index is 861. The normalized spacial score (nSPS) is 22.3. The van der Waals surface area contributed by atoms with Crippen LogP contribution in [0.15, 0.2) is 41.8 Å². The number of thiophene rings is 1. The molecule has 1 aromatic carbocycles. The quantitative estimate of drug-likeness (QED) is 0.778. The zero-order chi connectivity index (χ0) is 18.3. The molecule has 3 aliphatic rings. The van der Waals surface area contributed by atoms with Crippen molar-refractivity contribution in [2.45, 2.75) is 18.5 Å². The van der Waals surface area contributed by atoms with Gasteiger partial charge in [-0.2, -0.15) is 0 Å². The van der Waals surface area contributed by atoms with E-state index in [9.17, 15) is 9.59 Å². The molecule has 5 nitrogen and oxygen atoms in total. The van der Waals surface area contributed by atoms with Crippen LogP contribution in [0.4, 0.5) is 0 Å². The Morgan fingerprint density at radius 2 is 1.96 bits per heavy atom. The van der Waals surface area contributed by atoms with Gasteiger partial charge in [-0.25, -0.2) is 0 Å². The van der Waals surface area contributed by atoms with Gasteiger partial charge in [-0.15, -0.1) is 11.3 Å². The van der Waals surface area contributed by atoms with E-state index < -0.39 is 0 Å². The fourth-order valence-electron chi connectivity index (χ4n) is 3.90. The summed E-state index contributed by atoms with van der Waals surface area (Å²) in [7, 11) is 3.95. The van der Waals surface area contributed by atoms with Crippen LogP contribution in [0, 0.1) is 0 Å². The van der Waals surface area contributed by atoms with Gasteiger partial charge in [0.15, 0.2) is 0 Å². The topological polar surface area (TPSA) is 43.9 Å².